The highest BCUT2D eigenvalue weighted by atomic mass is 16.4. The molecule has 0 radical (unpaired) electrons. The number of furan rings is 1. The Morgan fingerprint density at radius 3 is 3.00 bits per heavy atom. The molecule has 1 fully saturated rings. The summed E-state index contributed by atoms with van der Waals surface area (Å²) in [6.07, 6.45) is 0.455. The zero-order valence-electron chi connectivity index (χ0n) is 11.9. The van der Waals surface area contributed by atoms with E-state index in [1.54, 1.807) is 12.1 Å². The third-order valence-corrected chi connectivity index (χ3v) is 3.46. The van der Waals surface area contributed by atoms with Crippen LogP contribution < -0.4 is 11.3 Å². The maximum absolute atomic E-state index is 11.3. The first-order chi connectivity index (χ1) is 9.49. The van der Waals surface area contributed by atoms with Gasteiger partial charge in [-0.25, -0.2) is 5.84 Å². The molecule has 4 N–H and O–H groups in total. The number of aliphatic hydroxyl groups is 1. The highest BCUT2D eigenvalue weighted by molar-refractivity contribution is 5.90. The molecule has 2 atom stereocenters. The van der Waals surface area contributed by atoms with E-state index in [9.17, 15) is 9.90 Å². The van der Waals surface area contributed by atoms with Crippen LogP contribution in [0.25, 0.3) is 0 Å². The Morgan fingerprint density at radius 2 is 2.35 bits per heavy atom. The molecule has 1 amide bonds. The highest BCUT2D eigenvalue weighted by Gasteiger charge is 2.31. The van der Waals surface area contributed by atoms with E-state index in [-0.39, 0.29) is 17.9 Å². The molecule has 1 aliphatic rings. The number of rotatable bonds is 5. The number of hydrazine groups is 1. The summed E-state index contributed by atoms with van der Waals surface area (Å²) in [6.45, 7) is 2.08. The topological polar surface area (TPSA) is 95.0 Å². The van der Waals surface area contributed by atoms with Crippen LogP contribution in [0.3, 0.4) is 0 Å². The van der Waals surface area contributed by atoms with Gasteiger partial charge in [0.2, 0.25) is 0 Å². The van der Waals surface area contributed by atoms with Crippen molar-refractivity contribution in [3.05, 3.63) is 23.7 Å². The van der Waals surface area contributed by atoms with Gasteiger partial charge in [-0.3, -0.25) is 15.1 Å². The summed E-state index contributed by atoms with van der Waals surface area (Å²) in [5.74, 6) is 5.52. The number of likely N-dealkylation sites (N-methyl/N-ethyl adjacent to an activating group) is 1. The lowest BCUT2D eigenvalue weighted by Gasteiger charge is -2.25. The van der Waals surface area contributed by atoms with Crippen LogP contribution in [0.2, 0.25) is 0 Å². The second-order valence-electron chi connectivity index (χ2n) is 5.47. The summed E-state index contributed by atoms with van der Waals surface area (Å²) in [7, 11) is 4.03. The molecule has 0 aromatic carbocycles. The highest BCUT2D eigenvalue weighted by Crippen LogP contribution is 2.22. The van der Waals surface area contributed by atoms with Crippen molar-refractivity contribution in [2.24, 2.45) is 5.84 Å². The third-order valence-electron chi connectivity index (χ3n) is 3.46. The minimum Gasteiger partial charge on any atom is -0.455 e. The Kier molecular flexibility index (Phi) is 4.77. The van der Waals surface area contributed by atoms with E-state index < -0.39 is 5.91 Å². The lowest BCUT2D eigenvalue weighted by atomic mass is 10.2. The van der Waals surface area contributed by atoms with Crippen LogP contribution in [0.4, 0.5) is 0 Å². The van der Waals surface area contributed by atoms with Crippen molar-refractivity contribution in [1.29, 1.82) is 0 Å². The standard InChI is InChI=1S/C13H22N4O3/c1-16(2)6-9-5-10(18)7-17(9)8-11-3-4-12(20-11)13(19)15-14/h3-4,9-10,18H,5-8,14H2,1-2H3,(H,15,19). The Labute approximate surface area is 118 Å². The molecule has 7 heteroatoms. The largest absolute Gasteiger partial charge is 0.455 e. The van der Waals surface area contributed by atoms with Crippen LogP contribution in [-0.2, 0) is 6.54 Å². The van der Waals surface area contributed by atoms with E-state index in [1.165, 1.54) is 0 Å². The summed E-state index contributed by atoms with van der Waals surface area (Å²) < 4.78 is 5.46. The molecule has 1 aliphatic heterocycles. The van der Waals surface area contributed by atoms with Gasteiger partial charge in [-0.1, -0.05) is 0 Å². The Hall–Kier alpha value is -1.41. The van der Waals surface area contributed by atoms with Crippen LogP contribution in [0.5, 0.6) is 0 Å². The Morgan fingerprint density at radius 1 is 1.60 bits per heavy atom. The molecule has 0 saturated carbocycles. The van der Waals surface area contributed by atoms with E-state index in [1.807, 2.05) is 19.5 Å². The predicted molar refractivity (Wildman–Crippen MR) is 73.7 cm³/mol. The quantitative estimate of drug-likeness (QED) is 0.378. The molecule has 2 unspecified atom stereocenters. The summed E-state index contributed by atoms with van der Waals surface area (Å²) >= 11 is 0. The number of likely N-dealkylation sites (tertiary alicyclic amines) is 1. The molecule has 1 saturated heterocycles. The van der Waals surface area contributed by atoms with Crippen LogP contribution in [0.1, 0.15) is 22.7 Å². The maximum Gasteiger partial charge on any atom is 0.300 e. The second kappa shape index (κ2) is 6.36. The van der Waals surface area contributed by atoms with Gasteiger partial charge in [0.1, 0.15) is 5.76 Å². The normalized spacial score (nSPS) is 23.4. The van der Waals surface area contributed by atoms with Crippen molar-refractivity contribution in [3.8, 4) is 0 Å². The lowest BCUT2D eigenvalue weighted by Crippen LogP contribution is -2.37. The summed E-state index contributed by atoms with van der Waals surface area (Å²) in [5, 5.41) is 9.82. The first-order valence-corrected chi connectivity index (χ1v) is 6.66. The molecule has 2 rings (SSSR count). The lowest BCUT2D eigenvalue weighted by molar-refractivity contribution is 0.0920. The zero-order chi connectivity index (χ0) is 14.7. The summed E-state index contributed by atoms with van der Waals surface area (Å²) in [6, 6.07) is 3.66. The first-order valence-electron chi connectivity index (χ1n) is 6.66. The minimum atomic E-state index is -0.442. The minimum absolute atomic E-state index is 0.200. The number of nitrogen functional groups attached to an aromatic ring is 1. The number of carbonyl (C=O) groups excluding carboxylic acids is 1. The van der Waals surface area contributed by atoms with Crippen molar-refractivity contribution in [1.82, 2.24) is 15.2 Å². The van der Waals surface area contributed by atoms with Crippen LogP contribution in [-0.4, -0.2) is 60.1 Å². The van der Waals surface area contributed by atoms with Crippen LogP contribution in [0.15, 0.2) is 16.5 Å². The summed E-state index contributed by atoms with van der Waals surface area (Å²) in [5.41, 5.74) is 2.04. The van der Waals surface area contributed by atoms with Gasteiger partial charge in [-0.05, 0) is 32.6 Å². The molecule has 2 heterocycles. The monoisotopic (exact) mass is 282 g/mol. The number of nitrogens with zero attached hydrogens (tertiary/aromatic N) is 2. The van der Waals surface area contributed by atoms with E-state index in [0.29, 0.717) is 18.8 Å². The second-order valence-corrected chi connectivity index (χ2v) is 5.47. The fourth-order valence-electron chi connectivity index (χ4n) is 2.62. The van der Waals surface area contributed by atoms with Crippen molar-refractivity contribution in [3.63, 3.8) is 0 Å². The number of carbonyl (C=O) groups is 1. The molecule has 1 aromatic rings. The third kappa shape index (κ3) is 3.57. The van der Waals surface area contributed by atoms with Gasteiger partial charge in [-0.2, -0.15) is 0 Å². The van der Waals surface area contributed by atoms with Gasteiger partial charge < -0.3 is 14.4 Å². The van der Waals surface area contributed by atoms with E-state index in [4.69, 9.17) is 10.3 Å². The Balaban J connectivity index is 2.00. The number of nitrogens with two attached hydrogens (primary N) is 1. The van der Waals surface area contributed by atoms with E-state index >= 15 is 0 Å². The van der Waals surface area contributed by atoms with Crippen LogP contribution in [0, 0.1) is 0 Å². The molecular formula is C13H22N4O3. The molecule has 1 aromatic heterocycles. The van der Waals surface area contributed by atoms with Gasteiger partial charge in [0.25, 0.3) is 0 Å². The van der Waals surface area contributed by atoms with Crippen molar-refractivity contribution in [2.45, 2.75) is 25.1 Å². The van der Waals surface area contributed by atoms with Gasteiger partial charge in [-0.15, -0.1) is 0 Å². The Bertz CT molecular complexity index is 460. The van der Waals surface area contributed by atoms with Gasteiger partial charge in [0.05, 0.1) is 12.6 Å². The van der Waals surface area contributed by atoms with Crippen LogP contribution >= 0.6 is 0 Å². The zero-order valence-corrected chi connectivity index (χ0v) is 11.9. The SMILES string of the molecule is CN(C)CC1CC(O)CN1Cc1ccc(C(=O)NN)o1. The molecule has 0 spiro atoms. The molecule has 7 nitrogen and oxygen atoms in total. The first kappa shape index (κ1) is 15.0. The number of β-amino-alcohol motifs (C(OH)–C–C–N with tert-alkyl or cyclic N) is 1. The summed E-state index contributed by atoms with van der Waals surface area (Å²) in [4.78, 5) is 15.6. The fourth-order valence-corrected chi connectivity index (χ4v) is 2.62. The predicted octanol–water partition coefficient (Wildman–Crippen LogP) is -0.620. The molecular weight excluding hydrogens is 260 g/mol. The fraction of sp³-hybridized carbons (Fsp3) is 0.615. The van der Waals surface area contributed by atoms with Crippen molar-refractivity contribution < 1.29 is 14.3 Å². The van der Waals surface area contributed by atoms with Gasteiger partial charge >= 0.3 is 5.91 Å². The van der Waals surface area contributed by atoms with E-state index in [2.05, 4.69) is 9.80 Å². The molecule has 0 aliphatic carbocycles. The number of nitrogens with one attached hydrogen (secondary N) is 1. The van der Waals surface area contributed by atoms with Crippen molar-refractivity contribution >= 4 is 5.91 Å². The van der Waals surface area contributed by atoms with Gasteiger partial charge in [0.15, 0.2) is 5.76 Å². The van der Waals surface area contributed by atoms with Gasteiger partial charge in [0, 0.05) is 19.1 Å². The number of hydrogen-bond acceptors (Lipinski definition) is 6. The number of hydrogen-bond donors (Lipinski definition) is 3. The number of amides is 1. The average molecular weight is 282 g/mol. The molecule has 20 heavy (non-hydrogen) atoms. The van der Waals surface area contributed by atoms with Crippen molar-refractivity contribution in [2.75, 3.05) is 27.2 Å². The average Bonchev–Trinajstić information content (AvgIpc) is 2.96. The smallest absolute Gasteiger partial charge is 0.300 e. The van der Waals surface area contributed by atoms with E-state index in [0.717, 1.165) is 13.0 Å². The number of aliphatic hydroxyl groups excluding tert-OH is 1. The molecule has 0 bridgehead atoms. The molecule has 112 valence electrons. The maximum atomic E-state index is 11.3.